The minimum atomic E-state index is -1.39. The van der Waals surface area contributed by atoms with Crippen molar-refractivity contribution in [2.45, 2.75) is 6.42 Å². The molecule has 0 saturated carbocycles. The molecule has 0 atom stereocenters. The second kappa shape index (κ2) is 7.38. The van der Waals surface area contributed by atoms with Crippen LogP contribution in [-0.2, 0) is 11.3 Å². The van der Waals surface area contributed by atoms with Crippen LogP contribution in [-0.4, -0.2) is 34.2 Å². The van der Waals surface area contributed by atoms with E-state index < -0.39 is 23.2 Å². The molecule has 3 rings (SSSR count). The summed E-state index contributed by atoms with van der Waals surface area (Å²) in [6.07, 6.45) is 1.88. The Bertz CT molecular complexity index is 1030. The van der Waals surface area contributed by atoms with Gasteiger partial charge in [0.2, 0.25) is 0 Å². The maximum atomic E-state index is 13.1. The Morgan fingerprint density at radius 3 is 2.48 bits per heavy atom. The van der Waals surface area contributed by atoms with Gasteiger partial charge in [0.25, 0.3) is 5.91 Å². The van der Waals surface area contributed by atoms with E-state index in [1.807, 2.05) is 0 Å². The van der Waals surface area contributed by atoms with Gasteiger partial charge in [0.1, 0.15) is 16.9 Å². The van der Waals surface area contributed by atoms with Crippen LogP contribution in [0.5, 0.6) is 5.75 Å². The number of hydrogen-bond donors (Lipinski definition) is 3. The highest BCUT2D eigenvalue weighted by molar-refractivity contribution is 6.11. The summed E-state index contributed by atoms with van der Waals surface area (Å²) < 4.78 is 13.1. The van der Waals surface area contributed by atoms with E-state index in [2.05, 4.69) is 15.3 Å². The van der Waals surface area contributed by atoms with Gasteiger partial charge in [-0.05, 0) is 41.8 Å². The Balaban J connectivity index is 2.14. The maximum absolute atomic E-state index is 13.1. The maximum Gasteiger partial charge on any atom is 0.339 e. The monoisotopic (exact) mass is 370 g/mol. The molecule has 3 aromatic rings. The largest absolute Gasteiger partial charge is 0.505 e. The average molecular weight is 370 g/mol. The summed E-state index contributed by atoms with van der Waals surface area (Å²) in [5, 5.41) is 19.7. The number of carboxylic acid groups (broad SMARTS) is 1. The van der Waals surface area contributed by atoms with Crippen molar-refractivity contribution in [2.24, 2.45) is 0 Å². The number of benzene rings is 2. The molecule has 1 heterocycles. The number of hydrogen-bond acceptors (Lipinski definition) is 5. The van der Waals surface area contributed by atoms with Crippen LogP contribution >= 0.6 is 0 Å². The number of phenols is 1. The number of carbonyl (C=O) groups is 2. The van der Waals surface area contributed by atoms with Gasteiger partial charge in [-0.25, -0.2) is 14.7 Å². The smallest absolute Gasteiger partial charge is 0.339 e. The van der Waals surface area contributed by atoms with E-state index in [0.29, 0.717) is 12.0 Å². The quantitative estimate of drug-likeness (QED) is 0.596. The molecule has 0 bridgehead atoms. The number of fused-ring (bicyclic) bond motifs is 1. The summed E-state index contributed by atoms with van der Waals surface area (Å²) in [4.78, 5) is 32.4. The Hall–Kier alpha value is -3.52. The van der Waals surface area contributed by atoms with Crippen LogP contribution in [0.2, 0.25) is 0 Å². The highest BCUT2D eigenvalue weighted by Gasteiger charge is 2.21. The van der Waals surface area contributed by atoms with Crippen molar-refractivity contribution < 1.29 is 29.0 Å². The molecule has 27 heavy (non-hydrogen) atoms. The first-order chi connectivity index (χ1) is 12.9. The molecule has 0 aliphatic carbocycles. The minimum absolute atomic E-state index is 0.00416. The first-order valence-corrected chi connectivity index (χ1v) is 7.86. The van der Waals surface area contributed by atoms with Crippen molar-refractivity contribution in [1.29, 1.82) is 0 Å². The molecule has 3 N–H and O–H groups in total. The van der Waals surface area contributed by atoms with E-state index in [4.69, 9.17) is 0 Å². The molecule has 0 radical (unpaired) electrons. The molecule has 0 saturated heterocycles. The SMILES string of the molecule is CONC(=O)c1cc(C(=O)O)c(O)c2ncc(Cc3ccc(F)cc3)cc12. The van der Waals surface area contributed by atoms with Gasteiger partial charge >= 0.3 is 5.97 Å². The van der Waals surface area contributed by atoms with Gasteiger partial charge < -0.3 is 10.2 Å². The number of amides is 1. The zero-order valence-corrected chi connectivity index (χ0v) is 14.2. The summed E-state index contributed by atoms with van der Waals surface area (Å²) in [6.45, 7) is 0. The van der Waals surface area contributed by atoms with Gasteiger partial charge in [-0.3, -0.25) is 14.6 Å². The summed E-state index contributed by atoms with van der Waals surface area (Å²) >= 11 is 0. The van der Waals surface area contributed by atoms with Gasteiger partial charge in [-0.2, -0.15) is 0 Å². The predicted molar refractivity (Wildman–Crippen MR) is 94.0 cm³/mol. The van der Waals surface area contributed by atoms with Gasteiger partial charge in [-0.1, -0.05) is 12.1 Å². The standard InChI is InChI=1S/C19H15FN2O5/c1-27-22-18(24)14-8-15(19(25)26)17(23)16-13(14)7-11(9-21-16)6-10-2-4-12(20)5-3-10/h2-5,7-9,23H,6H2,1H3,(H,22,24)(H,25,26). The van der Waals surface area contributed by atoms with Crippen molar-refractivity contribution in [3.05, 3.63) is 70.7 Å². The third-order valence-corrected chi connectivity index (χ3v) is 3.99. The number of aromatic nitrogens is 1. The third-order valence-electron chi connectivity index (χ3n) is 3.99. The summed E-state index contributed by atoms with van der Waals surface area (Å²) in [5.74, 6) is -2.94. The number of pyridine rings is 1. The number of carbonyl (C=O) groups excluding carboxylic acids is 1. The van der Waals surface area contributed by atoms with E-state index in [-0.39, 0.29) is 22.3 Å². The van der Waals surface area contributed by atoms with Crippen molar-refractivity contribution in [3.63, 3.8) is 0 Å². The van der Waals surface area contributed by atoms with E-state index in [0.717, 1.165) is 11.6 Å². The highest BCUT2D eigenvalue weighted by atomic mass is 19.1. The molecule has 0 aliphatic heterocycles. The lowest BCUT2D eigenvalue weighted by Gasteiger charge is -2.11. The Kier molecular flexibility index (Phi) is 5.00. The molecule has 1 aromatic heterocycles. The molecule has 0 fully saturated rings. The van der Waals surface area contributed by atoms with Crippen LogP contribution in [0.15, 0.2) is 42.6 Å². The zero-order chi connectivity index (χ0) is 19.6. The zero-order valence-electron chi connectivity index (χ0n) is 14.2. The van der Waals surface area contributed by atoms with E-state index in [1.165, 1.54) is 25.4 Å². The fraction of sp³-hybridized carbons (Fsp3) is 0.105. The van der Waals surface area contributed by atoms with Crippen LogP contribution in [0.3, 0.4) is 0 Å². The van der Waals surface area contributed by atoms with Crippen molar-refractivity contribution in [3.8, 4) is 5.75 Å². The van der Waals surface area contributed by atoms with E-state index >= 15 is 0 Å². The Morgan fingerprint density at radius 1 is 1.15 bits per heavy atom. The molecule has 0 spiro atoms. The first kappa shape index (κ1) is 18.3. The third kappa shape index (κ3) is 3.70. The lowest BCUT2D eigenvalue weighted by molar-refractivity contribution is 0.0539. The molecule has 1 amide bonds. The van der Waals surface area contributed by atoms with Crippen molar-refractivity contribution >= 4 is 22.8 Å². The molecular weight excluding hydrogens is 355 g/mol. The Morgan fingerprint density at radius 2 is 1.85 bits per heavy atom. The van der Waals surface area contributed by atoms with Gasteiger partial charge in [0.15, 0.2) is 5.75 Å². The summed E-state index contributed by atoms with van der Waals surface area (Å²) in [5.41, 5.74) is 3.19. The van der Waals surface area contributed by atoms with Crippen molar-refractivity contribution in [1.82, 2.24) is 10.5 Å². The number of hydroxylamine groups is 1. The second-order valence-corrected chi connectivity index (χ2v) is 5.80. The number of rotatable bonds is 5. The fourth-order valence-electron chi connectivity index (χ4n) is 2.75. The molecule has 0 aliphatic rings. The molecule has 0 unspecified atom stereocenters. The Labute approximate surface area is 153 Å². The molecule has 7 nitrogen and oxygen atoms in total. The number of nitrogens with zero attached hydrogens (tertiary/aromatic N) is 1. The number of halogens is 1. The first-order valence-electron chi connectivity index (χ1n) is 7.86. The number of aromatic carboxylic acids is 1. The fourth-order valence-corrected chi connectivity index (χ4v) is 2.75. The average Bonchev–Trinajstić information content (AvgIpc) is 2.64. The molecule has 8 heteroatoms. The minimum Gasteiger partial charge on any atom is -0.505 e. The van der Waals surface area contributed by atoms with Crippen LogP contribution in [0, 0.1) is 5.82 Å². The van der Waals surface area contributed by atoms with Crippen LogP contribution < -0.4 is 5.48 Å². The lowest BCUT2D eigenvalue weighted by Crippen LogP contribution is -2.22. The van der Waals surface area contributed by atoms with Gasteiger partial charge in [-0.15, -0.1) is 0 Å². The van der Waals surface area contributed by atoms with E-state index in [9.17, 15) is 24.2 Å². The van der Waals surface area contributed by atoms with Crippen LogP contribution in [0.4, 0.5) is 4.39 Å². The van der Waals surface area contributed by atoms with Crippen LogP contribution in [0.25, 0.3) is 10.9 Å². The van der Waals surface area contributed by atoms with Gasteiger partial charge in [0.05, 0.1) is 12.7 Å². The second-order valence-electron chi connectivity index (χ2n) is 5.80. The number of nitrogens with one attached hydrogen (secondary N) is 1. The lowest BCUT2D eigenvalue weighted by atomic mass is 9.99. The van der Waals surface area contributed by atoms with Crippen molar-refractivity contribution in [2.75, 3.05) is 7.11 Å². The molecular formula is C19H15FN2O5. The van der Waals surface area contributed by atoms with Gasteiger partial charge in [0, 0.05) is 11.6 Å². The molecule has 138 valence electrons. The summed E-state index contributed by atoms with van der Waals surface area (Å²) in [7, 11) is 1.25. The molecule has 2 aromatic carbocycles. The van der Waals surface area contributed by atoms with E-state index in [1.54, 1.807) is 18.2 Å². The number of aromatic hydroxyl groups is 1. The highest BCUT2D eigenvalue weighted by Crippen LogP contribution is 2.31. The summed E-state index contributed by atoms with van der Waals surface area (Å²) in [6, 6.07) is 8.63. The normalized spacial score (nSPS) is 10.7. The predicted octanol–water partition coefficient (Wildman–Crippen LogP) is 2.66. The number of carboxylic acids is 1. The topological polar surface area (TPSA) is 109 Å². The van der Waals surface area contributed by atoms with Crippen LogP contribution in [0.1, 0.15) is 31.8 Å².